The van der Waals surface area contributed by atoms with E-state index in [2.05, 4.69) is 12.2 Å². The SMILES string of the molecule is CC(Cc1ccc(F)cc1)Nc1cc(Cl)cc(Cl)c1. The Hall–Kier alpha value is -1.25. The molecule has 0 saturated heterocycles. The Morgan fingerprint density at radius 2 is 1.63 bits per heavy atom. The molecule has 0 aliphatic rings. The molecule has 100 valence electrons. The first-order valence-corrected chi connectivity index (χ1v) is 6.75. The summed E-state index contributed by atoms with van der Waals surface area (Å²) in [5.41, 5.74) is 1.96. The van der Waals surface area contributed by atoms with Gasteiger partial charge in [0.15, 0.2) is 0 Å². The van der Waals surface area contributed by atoms with Gasteiger partial charge in [-0.2, -0.15) is 0 Å². The van der Waals surface area contributed by atoms with Crippen molar-refractivity contribution in [1.29, 1.82) is 0 Å². The lowest BCUT2D eigenvalue weighted by Gasteiger charge is -2.16. The quantitative estimate of drug-likeness (QED) is 0.820. The van der Waals surface area contributed by atoms with Crippen LogP contribution >= 0.6 is 23.2 Å². The van der Waals surface area contributed by atoms with Crippen molar-refractivity contribution in [2.45, 2.75) is 19.4 Å². The summed E-state index contributed by atoms with van der Waals surface area (Å²) in [7, 11) is 0. The third-order valence-corrected chi connectivity index (χ3v) is 3.17. The number of hydrogen-bond donors (Lipinski definition) is 1. The van der Waals surface area contributed by atoms with Gasteiger partial charge in [0.25, 0.3) is 0 Å². The smallest absolute Gasteiger partial charge is 0.123 e. The maximum Gasteiger partial charge on any atom is 0.123 e. The van der Waals surface area contributed by atoms with Crippen molar-refractivity contribution in [2.24, 2.45) is 0 Å². The van der Waals surface area contributed by atoms with E-state index >= 15 is 0 Å². The lowest BCUT2D eigenvalue weighted by atomic mass is 10.1. The molecule has 0 heterocycles. The Labute approximate surface area is 122 Å². The van der Waals surface area contributed by atoms with Crippen molar-refractivity contribution < 1.29 is 4.39 Å². The van der Waals surface area contributed by atoms with E-state index in [0.717, 1.165) is 17.7 Å². The van der Waals surface area contributed by atoms with Gasteiger partial charge < -0.3 is 5.32 Å². The van der Waals surface area contributed by atoms with Gasteiger partial charge in [-0.1, -0.05) is 35.3 Å². The molecule has 0 aromatic heterocycles. The molecule has 0 saturated carbocycles. The van der Waals surface area contributed by atoms with Gasteiger partial charge in [-0.25, -0.2) is 4.39 Å². The minimum atomic E-state index is -0.217. The molecule has 1 nitrogen and oxygen atoms in total. The molecule has 2 rings (SSSR count). The molecule has 4 heteroatoms. The van der Waals surface area contributed by atoms with E-state index in [-0.39, 0.29) is 11.9 Å². The van der Waals surface area contributed by atoms with Gasteiger partial charge in [-0.05, 0) is 49.2 Å². The van der Waals surface area contributed by atoms with Gasteiger partial charge in [-0.3, -0.25) is 0 Å². The van der Waals surface area contributed by atoms with Crippen LogP contribution < -0.4 is 5.32 Å². The molecule has 0 amide bonds. The Balaban J connectivity index is 2.00. The van der Waals surface area contributed by atoms with Gasteiger partial charge in [-0.15, -0.1) is 0 Å². The summed E-state index contributed by atoms with van der Waals surface area (Å²) in [4.78, 5) is 0. The van der Waals surface area contributed by atoms with Crippen LogP contribution in [0, 0.1) is 5.82 Å². The molecule has 1 N–H and O–H groups in total. The zero-order valence-corrected chi connectivity index (χ0v) is 12.0. The second kappa shape index (κ2) is 6.27. The maximum absolute atomic E-state index is 12.8. The third kappa shape index (κ3) is 4.41. The fraction of sp³-hybridized carbons (Fsp3) is 0.200. The van der Waals surface area contributed by atoms with Crippen LogP contribution in [0.4, 0.5) is 10.1 Å². The largest absolute Gasteiger partial charge is 0.382 e. The normalized spacial score (nSPS) is 12.2. The molecule has 1 unspecified atom stereocenters. The predicted molar refractivity (Wildman–Crippen MR) is 79.7 cm³/mol. The molecule has 2 aromatic carbocycles. The topological polar surface area (TPSA) is 12.0 Å². The number of anilines is 1. The first kappa shape index (κ1) is 14.2. The van der Waals surface area contributed by atoms with Crippen LogP contribution in [0.15, 0.2) is 42.5 Å². The molecule has 0 spiro atoms. The van der Waals surface area contributed by atoms with E-state index in [1.54, 1.807) is 18.2 Å². The molecular weight excluding hydrogens is 284 g/mol. The van der Waals surface area contributed by atoms with Crippen LogP contribution in [-0.4, -0.2) is 6.04 Å². The van der Waals surface area contributed by atoms with E-state index in [4.69, 9.17) is 23.2 Å². The van der Waals surface area contributed by atoms with E-state index < -0.39 is 0 Å². The average molecular weight is 298 g/mol. The van der Waals surface area contributed by atoms with Crippen LogP contribution in [-0.2, 0) is 6.42 Å². The Bertz CT molecular complexity index is 534. The highest BCUT2D eigenvalue weighted by molar-refractivity contribution is 6.35. The maximum atomic E-state index is 12.8. The minimum absolute atomic E-state index is 0.194. The third-order valence-electron chi connectivity index (χ3n) is 2.73. The fourth-order valence-corrected chi connectivity index (χ4v) is 2.47. The van der Waals surface area contributed by atoms with Crippen LogP contribution in [0.3, 0.4) is 0 Å². The lowest BCUT2D eigenvalue weighted by molar-refractivity contribution is 0.626. The lowest BCUT2D eigenvalue weighted by Crippen LogP contribution is -2.18. The predicted octanol–water partition coefficient (Wildman–Crippen LogP) is 5.18. The minimum Gasteiger partial charge on any atom is -0.382 e. The van der Waals surface area contributed by atoms with Gasteiger partial charge in [0.2, 0.25) is 0 Å². The van der Waals surface area contributed by atoms with Gasteiger partial charge in [0.1, 0.15) is 5.82 Å². The molecule has 0 bridgehead atoms. The van der Waals surface area contributed by atoms with Crippen LogP contribution in [0.2, 0.25) is 10.0 Å². The van der Waals surface area contributed by atoms with E-state index in [0.29, 0.717) is 10.0 Å². The summed E-state index contributed by atoms with van der Waals surface area (Å²) in [6.45, 7) is 2.05. The molecule has 0 aliphatic carbocycles. The van der Waals surface area contributed by atoms with Crippen LogP contribution in [0.1, 0.15) is 12.5 Å². The van der Waals surface area contributed by atoms with Crippen LogP contribution in [0.5, 0.6) is 0 Å². The summed E-state index contributed by atoms with van der Waals surface area (Å²) < 4.78 is 12.8. The number of nitrogens with one attached hydrogen (secondary N) is 1. The molecule has 2 aromatic rings. The van der Waals surface area contributed by atoms with Gasteiger partial charge >= 0.3 is 0 Å². The second-order valence-corrected chi connectivity index (χ2v) is 5.41. The van der Waals surface area contributed by atoms with Crippen molar-refractivity contribution >= 4 is 28.9 Å². The molecule has 0 radical (unpaired) electrons. The van der Waals surface area contributed by atoms with Crippen molar-refractivity contribution in [3.63, 3.8) is 0 Å². The van der Waals surface area contributed by atoms with Crippen molar-refractivity contribution in [1.82, 2.24) is 0 Å². The highest BCUT2D eigenvalue weighted by atomic mass is 35.5. The summed E-state index contributed by atoms with van der Waals surface area (Å²) in [5, 5.41) is 4.53. The molecule has 1 atom stereocenters. The molecule has 19 heavy (non-hydrogen) atoms. The van der Waals surface area contributed by atoms with Gasteiger partial charge in [0, 0.05) is 21.8 Å². The fourth-order valence-electron chi connectivity index (χ4n) is 1.95. The summed E-state index contributed by atoms with van der Waals surface area (Å²) in [6, 6.07) is 12.1. The van der Waals surface area contributed by atoms with Crippen molar-refractivity contribution in [3.8, 4) is 0 Å². The zero-order valence-electron chi connectivity index (χ0n) is 10.5. The number of halogens is 3. The summed E-state index contributed by atoms with van der Waals surface area (Å²) in [6.07, 6.45) is 0.796. The zero-order chi connectivity index (χ0) is 13.8. The van der Waals surface area contributed by atoms with Crippen molar-refractivity contribution in [2.75, 3.05) is 5.32 Å². The molecule has 0 fully saturated rings. The van der Waals surface area contributed by atoms with Crippen molar-refractivity contribution in [3.05, 3.63) is 63.9 Å². The van der Waals surface area contributed by atoms with E-state index in [1.165, 1.54) is 12.1 Å². The Morgan fingerprint density at radius 1 is 1.05 bits per heavy atom. The van der Waals surface area contributed by atoms with E-state index in [1.807, 2.05) is 12.1 Å². The summed E-state index contributed by atoms with van der Waals surface area (Å²) >= 11 is 11.9. The molecular formula is C15H14Cl2FN. The van der Waals surface area contributed by atoms with Gasteiger partial charge in [0.05, 0.1) is 0 Å². The first-order valence-electron chi connectivity index (χ1n) is 6.00. The number of hydrogen-bond acceptors (Lipinski definition) is 1. The highest BCUT2D eigenvalue weighted by Crippen LogP contribution is 2.23. The van der Waals surface area contributed by atoms with E-state index in [9.17, 15) is 4.39 Å². The summed E-state index contributed by atoms with van der Waals surface area (Å²) in [5.74, 6) is -0.217. The number of benzene rings is 2. The molecule has 0 aliphatic heterocycles. The highest BCUT2D eigenvalue weighted by Gasteiger charge is 2.05. The average Bonchev–Trinajstić information content (AvgIpc) is 2.30. The van der Waals surface area contributed by atoms with Crippen LogP contribution in [0.25, 0.3) is 0 Å². The second-order valence-electron chi connectivity index (χ2n) is 4.53. The number of rotatable bonds is 4. The first-order chi connectivity index (χ1) is 9.02. The monoisotopic (exact) mass is 297 g/mol. The Morgan fingerprint density at radius 3 is 2.21 bits per heavy atom. The standard InChI is InChI=1S/C15H14Cl2FN/c1-10(6-11-2-4-14(18)5-3-11)19-15-8-12(16)7-13(17)9-15/h2-5,7-10,19H,6H2,1H3. The Kier molecular flexibility index (Phi) is 4.67.